The van der Waals surface area contributed by atoms with Crippen LogP contribution in [-0.2, 0) is 25.7 Å². The molecule has 27 heavy (non-hydrogen) atoms. The van der Waals surface area contributed by atoms with Crippen molar-refractivity contribution in [3.8, 4) is 0 Å². The number of methoxy groups -OCH3 is 1. The average Bonchev–Trinajstić information content (AvgIpc) is 2.98. The van der Waals surface area contributed by atoms with Gasteiger partial charge < -0.3 is 14.4 Å². The summed E-state index contributed by atoms with van der Waals surface area (Å²) in [6.45, 7) is 2.88. The van der Waals surface area contributed by atoms with Crippen molar-refractivity contribution in [1.29, 1.82) is 0 Å². The first-order valence-corrected chi connectivity index (χ1v) is 8.75. The minimum absolute atomic E-state index is 0.163. The molecular weight excluding hydrogens is 348 g/mol. The van der Waals surface area contributed by atoms with Crippen LogP contribution in [-0.4, -0.2) is 48.0 Å². The first-order valence-electron chi connectivity index (χ1n) is 8.75. The highest BCUT2D eigenvalue weighted by atomic mass is 16.6. The van der Waals surface area contributed by atoms with Gasteiger partial charge in [-0.1, -0.05) is 42.5 Å². The Hall–Kier alpha value is -3.09. The largest absolute Gasteiger partial charge is 0.468 e. The molecule has 0 aliphatic carbocycles. The first kappa shape index (κ1) is 18.7. The van der Waals surface area contributed by atoms with Crippen molar-refractivity contribution in [2.45, 2.75) is 13.5 Å². The van der Waals surface area contributed by atoms with E-state index in [-0.39, 0.29) is 12.5 Å². The van der Waals surface area contributed by atoms with Gasteiger partial charge in [-0.25, -0.2) is 4.79 Å². The molecule has 1 unspecified atom stereocenters. The molecule has 7 nitrogen and oxygen atoms in total. The molecule has 1 spiro atoms. The fourth-order valence-corrected chi connectivity index (χ4v) is 3.37. The second-order valence-corrected chi connectivity index (χ2v) is 6.50. The van der Waals surface area contributed by atoms with Crippen LogP contribution in [0.5, 0.6) is 0 Å². The molecule has 3 rings (SSSR count). The maximum Gasteiger partial charge on any atom is 0.418 e. The lowest BCUT2D eigenvalue weighted by molar-refractivity contribution is -0.152. The standard InChI is InChI=1S/C20H22N2O5/c1-3-21-14-20(16(17(21)23)18(24)26-2)9-11-22(12-10-20)19(25)27-13-15-7-5-4-6-8-15/h4-12,16H,3,13-14H2,1-2H3. The number of carbonyl (C=O) groups is 3. The van der Waals surface area contributed by atoms with E-state index in [0.29, 0.717) is 13.1 Å². The Morgan fingerprint density at radius 2 is 1.85 bits per heavy atom. The zero-order chi connectivity index (χ0) is 19.4. The summed E-state index contributed by atoms with van der Waals surface area (Å²) in [7, 11) is 1.27. The zero-order valence-electron chi connectivity index (χ0n) is 15.3. The minimum Gasteiger partial charge on any atom is -0.468 e. The van der Waals surface area contributed by atoms with Gasteiger partial charge in [0.05, 0.1) is 7.11 Å². The second-order valence-electron chi connectivity index (χ2n) is 6.50. The van der Waals surface area contributed by atoms with Crippen molar-refractivity contribution in [2.75, 3.05) is 20.2 Å². The molecule has 2 heterocycles. The van der Waals surface area contributed by atoms with Crippen LogP contribution in [0.1, 0.15) is 12.5 Å². The molecule has 0 aromatic heterocycles. The van der Waals surface area contributed by atoms with E-state index >= 15 is 0 Å². The van der Waals surface area contributed by atoms with Gasteiger partial charge >= 0.3 is 12.1 Å². The maximum absolute atomic E-state index is 12.5. The Labute approximate surface area is 157 Å². The Morgan fingerprint density at radius 1 is 1.19 bits per heavy atom. The van der Waals surface area contributed by atoms with E-state index in [1.165, 1.54) is 24.4 Å². The number of benzene rings is 1. The Balaban J connectivity index is 1.71. The summed E-state index contributed by atoms with van der Waals surface area (Å²) < 4.78 is 10.1. The topological polar surface area (TPSA) is 76.2 Å². The first-order chi connectivity index (χ1) is 13.0. The highest BCUT2D eigenvalue weighted by Crippen LogP contribution is 2.42. The molecule has 0 bridgehead atoms. The molecule has 1 saturated heterocycles. The molecule has 1 fully saturated rings. The molecule has 2 aliphatic rings. The van der Waals surface area contributed by atoms with Gasteiger partial charge in [-0.3, -0.25) is 14.5 Å². The van der Waals surface area contributed by atoms with E-state index in [0.717, 1.165) is 5.56 Å². The third-order valence-corrected chi connectivity index (χ3v) is 4.89. The van der Waals surface area contributed by atoms with Crippen molar-refractivity contribution in [3.63, 3.8) is 0 Å². The molecule has 0 radical (unpaired) electrons. The van der Waals surface area contributed by atoms with Crippen LogP contribution in [0.4, 0.5) is 4.79 Å². The van der Waals surface area contributed by atoms with Crippen LogP contribution in [0.15, 0.2) is 54.9 Å². The van der Waals surface area contributed by atoms with Crippen LogP contribution in [0.25, 0.3) is 0 Å². The number of esters is 1. The van der Waals surface area contributed by atoms with Crippen molar-refractivity contribution >= 4 is 18.0 Å². The summed E-state index contributed by atoms with van der Waals surface area (Å²) in [5.41, 5.74) is 0.0640. The Morgan fingerprint density at radius 3 is 2.44 bits per heavy atom. The predicted molar refractivity (Wildman–Crippen MR) is 96.9 cm³/mol. The second kappa shape index (κ2) is 7.65. The number of hydrogen-bond donors (Lipinski definition) is 0. The predicted octanol–water partition coefficient (Wildman–Crippen LogP) is 2.30. The summed E-state index contributed by atoms with van der Waals surface area (Å²) in [5.74, 6) is -1.79. The lowest BCUT2D eigenvalue weighted by Gasteiger charge is -2.30. The number of nitrogens with zero attached hydrogens (tertiary/aromatic N) is 2. The lowest BCUT2D eigenvalue weighted by atomic mass is 9.76. The molecular formula is C20H22N2O5. The third kappa shape index (κ3) is 3.58. The minimum atomic E-state index is -0.947. The molecule has 142 valence electrons. The molecule has 1 aromatic carbocycles. The average molecular weight is 370 g/mol. The van der Waals surface area contributed by atoms with Gasteiger partial charge in [0.15, 0.2) is 0 Å². The van der Waals surface area contributed by atoms with Crippen LogP contribution in [0.2, 0.25) is 0 Å². The fraction of sp³-hybridized carbons (Fsp3) is 0.350. The molecule has 0 saturated carbocycles. The smallest absolute Gasteiger partial charge is 0.418 e. The van der Waals surface area contributed by atoms with Crippen molar-refractivity contribution in [1.82, 2.24) is 9.80 Å². The summed E-state index contributed by atoms with van der Waals surface area (Å²) in [6.07, 6.45) is 5.94. The Kier molecular flexibility index (Phi) is 5.30. The number of hydrogen-bond acceptors (Lipinski definition) is 5. The van der Waals surface area contributed by atoms with Crippen LogP contribution < -0.4 is 0 Å². The van der Waals surface area contributed by atoms with Gasteiger partial charge in [0.2, 0.25) is 5.91 Å². The maximum atomic E-state index is 12.5. The van der Waals surface area contributed by atoms with Gasteiger partial charge in [0.1, 0.15) is 12.5 Å². The molecule has 1 atom stereocenters. The zero-order valence-corrected chi connectivity index (χ0v) is 15.3. The monoisotopic (exact) mass is 370 g/mol. The molecule has 0 N–H and O–H groups in total. The van der Waals surface area contributed by atoms with Gasteiger partial charge in [-0.15, -0.1) is 0 Å². The normalized spacial score (nSPS) is 20.2. The van der Waals surface area contributed by atoms with E-state index in [2.05, 4.69) is 0 Å². The quantitative estimate of drug-likeness (QED) is 0.600. The van der Waals surface area contributed by atoms with Crippen LogP contribution in [0.3, 0.4) is 0 Å². The van der Waals surface area contributed by atoms with Gasteiger partial charge in [-0.2, -0.15) is 0 Å². The lowest BCUT2D eigenvalue weighted by Crippen LogP contribution is -2.37. The molecule has 2 amide bonds. The number of likely N-dealkylation sites (tertiary alicyclic amines) is 1. The molecule has 7 heteroatoms. The van der Waals surface area contributed by atoms with Gasteiger partial charge in [0, 0.05) is 30.9 Å². The van der Waals surface area contributed by atoms with Gasteiger partial charge in [0.25, 0.3) is 0 Å². The van der Waals surface area contributed by atoms with Gasteiger partial charge in [-0.05, 0) is 12.5 Å². The molecule has 1 aromatic rings. The van der Waals surface area contributed by atoms with E-state index < -0.39 is 23.4 Å². The summed E-state index contributed by atoms with van der Waals surface area (Å²) in [6, 6.07) is 9.37. The summed E-state index contributed by atoms with van der Waals surface area (Å²) in [5, 5.41) is 0. The SMILES string of the molecule is CCN1CC2(C=CN(C(=O)OCc3ccccc3)C=C2)C(C(=O)OC)C1=O. The fourth-order valence-electron chi connectivity index (χ4n) is 3.37. The highest BCUT2D eigenvalue weighted by molar-refractivity contribution is 6.01. The number of carbonyl (C=O) groups excluding carboxylic acids is 3. The van der Waals surface area contributed by atoms with Crippen molar-refractivity contribution < 1.29 is 23.9 Å². The summed E-state index contributed by atoms with van der Waals surface area (Å²) in [4.78, 5) is 39.9. The number of amides is 2. The van der Waals surface area contributed by atoms with Crippen molar-refractivity contribution in [3.05, 3.63) is 60.4 Å². The Bertz CT molecular complexity index is 773. The van der Waals surface area contributed by atoms with E-state index in [1.54, 1.807) is 17.1 Å². The highest BCUT2D eigenvalue weighted by Gasteiger charge is 2.54. The number of rotatable bonds is 4. The van der Waals surface area contributed by atoms with Crippen molar-refractivity contribution in [2.24, 2.45) is 11.3 Å². The van der Waals surface area contributed by atoms with E-state index in [9.17, 15) is 14.4 Å². The third-order valence-electron chi connectivity index (χ3n) is 4.89. The van der Waals surface area contributed by atoms with Crippen LogP contribution in [0, 0.1) is 11.3 Å². The number of ether oxygens (including phenoxy) is 2. The van der Waals surface area contributed by atoms with E-state index in [1.807, 2.05) is 37.3 Å². The van der Waals surface area contributed by atoms with E-state index in [4.69, 9.17) is 9.47 Å². The summed E-state index contributed by atoms with van der Waals surface area (Å²) >= 11 is 0. The van der Waals surface area contributed by atoms with Crippen LogP contribution >= 0.6 is 0 Å². The molecule has 2 aliphatic heterocycles.